The molecule has 2 heteroatoms. The molecule has 0 bridgehead atoms. The van der Waals surface area contributed by atoms with Crippen LogP contribution in [-0.2, 0) is 4.79 Å². The number of carbonyl (C=O) groups excluding carboxylic acids is 1. The van der Waals surface area contributed by atoms with Gasteiger partial charge in [0.15, 0.2) is 0 Å². The van der Waals surface area contributed by atoms with Crippen LogP contribution < -0.4 is 0 Å². The van der Waals surface area contributed by atoms with E-state index in [-0.39, 0.29) is 5.92 Å². The molecule has 0 aromatic heterocycles. The second-order valence-corrected chi connectivity index (χ2v) is 4.08. The van der Waals surface area contributed by atoms with E-state index in [9.17, 15) is 4.79 Å². The normalized spacial score (nSPS) is 22.8. The number of unbranched alkanes of at least 4 members (excludes halogenated alkanes) is 3. The highest BCUT2D eigenvalue weighted by molar-refractivity contribution is 5.80. The molecule has 2 nitrogen and oxygen atoms in total. The van der Waals surface area contributed by atoms with Crippen molar-refractivity contribution in [3.63, 3.8) is 0 Å². The Morgan fingerprint density at radius 3 is 2.69 bits per heavy atom. The average molecular weight is 183 g/mol. The first-order chi connectivity index (χ1) is 6.25. The Morgan fingerprint density at radius 2 is 2.15 bits per heavy atom. The minimum atomic E-state index is 0.283. The van der Waals surface area contributed by atoms with Gasteiger partial charge >= 0.3 is 0 Å². The standard InChI is InChI=1S/C11H21NO/c1-3-4-5-6-8-12-9-7-10(2)11(12)13/h10H,3-9H2,1-2H3. The Bertz CT molecular complexity index is 167. The van der Waals surface area contributed by atoms with Crippen LogP contribution in [0.1, 0.15) is 46.0 Å². The Labute approximate surface area is 81.3 Å². The number of nitrogens with zero attached hydrogens (tertiary/aromatic N) is 1. The van der Waals surface area contributed by atoms with E-state index in [1.54, 1.807) is 0 Å². The predicted molar refractivity (Wildman–Crippen MR) is 54.5 cm³/mol. The summed E-state index contributed by atoms with van der Waals surface area (Å²) in [6.07, 6.45) is 6.09. The second-order valence-electron chi connectivity index (χ2n) is 4.08. The van der Waals surface area contributed by atoms with Crippen molar-refractivity contribution < 1.29 is 4.79 Å². The van der Waals surface area contributed by atoms with Crippen LogP contribution in [0.2, 0.25) is 0 Å². The van der Waals surface area contributed by atoms with Crippen molar-refractivity contribution in [3.8, 4) is 0 Å². The van der Waals surface area contributed by atoms with Crippen molar-refractivity contribution in [2.24, 2.45) is 5.92 Å². The molecule has 76 valence electrons. The van der Waals surface area contributed by atoms with Gasteiger partial charge in [0.2, 0.25) is 5.91 Å². The summed E-state index contributed by atoms with van der Waals surface area (Å²) in [6.45, 7) is 6.23. The number of carbonyl (C=O) groups is 1. The fourth-order valence-electron chi connectivity index (χ4n) is 1.85. The molecule has 1 rings (SSSR count). The number of likely N-dealkylation sites (tertiary alicyclic amines) is 1. The monoisotopic (exact) mass is 183 g/mol. The van der Waals surface area contributed by atoms with Gasteiger partial charge in [-0.2, -0.15) is 0 Å². The zero-order valence-corrected chi connectivity index (χ0v) is 8.88. The van der Waals surface area contributed by atoms with E-state index in [2.05, 4.69) is 6.92 Å². The molecular weight excluding hydrogens is 162 g/mol. The number of rotatable bonds is 5. The maximum Gasteiger partial charge on any atom is 0.225 e. The van der Waals surface area contributed by atoms with Gasteiger partial charge in [-0.3, -0.25) is 4.79 Å². The Kier molecular flexibility index (Phi) is 4.26. The van der Waals surface area contributed by atoms with Gasteiger partial charge in [-0.25, -0.2) is 0 Å². The molecule has 0 N–H and O–H groups in total. The number of amides is 1. The molecule has 1 saturated heterocycles. The predicted octanol–water partition coefficient (Wildman–Crippen LogP) is 2.44. The summed E-state index contributed by atoms with van der Waals surface area (Å²) in [5.41, 5.74) is 0. The maximum absolute atomic E-state index is 11.5. The summed E-state index contributed by atoms with van der Waals surface area (Å²) in [6, 6.07) is 0. The molecule has 1 heterocycles. The van der Waals surface area contributed by atoms with E-state index in [4.69, 9.17) is 0 Å². The first-order valence-corrected chi connectivity index (χ1v) is 5.54. The van der Waals surface area contributed by atoms with E-state index in [0.717, 1.165) is 19.5 Å². The lowest BCUT2D eigenvalue weighted by atomic mass is 10.1. The quantitative estimate of drug-likeness (QED) is 0.599. The van der Waals surface area contributed by atoms with Gasteiger partial charge in [0, 0.05) is 19.0 Å². The Hall–Kier alpha value is -0.530. The first-order valence-electron chi connectivity index (χ1n) is 5.54. The lowest BCUT2D eigenvalue weighted by Crippen LogP contribution is -2.27. The van der Waals surface area contributed by atoms with E-state index >= 15 is 0 Å². The molecule has 1 atom stereocenters. The van der Waals surface area contributed by atoms with Crippen molar-refractivity contribution in [1.82, 2.24) is 4.90 Å². The molecule has 0 aliphatic carbocycles. The number of hydrogen-bond donors (Lipinski definition) is 0. The van der Waals surface area contributed by atoms with Crippen molar-refractivity contribution in [1.29, 1.82) is 0 Å². The van der Waals surface area contributed by atoms with Crippen LogP contribution in [0, 0.1) is 5.92 Å². The SMILES string of the molecule is CCCCCCN1CCC(C)C1=O. The first kappa shape index (κ1) is 10.6. The average Bonchev–Trinajstić information content (AvgIpc) is 2.43. The Morgan fingerprint density at radius 1 is 1.38 bits per heavy atom. The van der Waals surface area contributed by atoms with Crippen molar-refractivity contribution >= 4 is 5.91 Å². The van der Waals surface area contributed by atoms with Gasteiger partial charge in [-0.05, 0) is 12.8 Å². The van der Waals surface area contributed by atoms with Gasteiger partial charge in [0.1, 0.15) is 0 Å². The molecule has 0 spiro atoms. The largest absolute Gasteiger partial charge is 0.342 e. The van der Waals surface area contributed by atoms with Crippen LogP contribution in [-0.4, -0.2) is 23.9 Å². The van der Waals surface area contributed by atoms with Crippen LogP contribution >= 0.6 is 0 Å². The summed E-state index contributed by atoms with van der Waals surface area (Å²) < 4.78 is 0. The van der Waals surface area contributed by atoms with E-state index < -0.39 is 0 Å². The lowest BCUT2D eigenvalue weighted by Gasteiger charge is -2.15. The highest BCUT2D eigenvalue weighted by Gasteiger charge is 2.26. The minimum absolute atomic E-state index is 0.283. The summed E-state index contributed by atoms with van der Waals surface area (Å²) >= 11 is 0. The van der Waals surface area contributed by atoms with E-state index in [0.29, 0.717) is 5.91 Å². The summed E-state index contributed by atoms with van der Waals surface area (Å²) in [5, 5.41) is 0. The fraction of sp³-hybridized carbons (Fsp3) is 0.909. The molecule has 1 amide bonds. The van der Waals surface area contributed by atoms with Crippen molar-refractivity contribution in [2.75, 3.05) is 13.1 Å². The summed E-state index contributed by atoms with van der Waals surface area (Å²) in [4.78, 5) is 13.5. The van der Waals surface area contributed by atoms with Gasteiger partial charge in [0.05, 0.1) is 0 Å². The molecular formula is C11H21NO. The van der Waals surface area contributed by atoms with E-state index in [1.165, 1.54) is 25.7 Å². The van der Waals surface area contributed by atoms with E-state index in [1.807, 2.05) is 11.8 Å². The van der Waals surface area contributed by atoms with Crippen molar-refractivity contribution in [2.45, 2.75) is 46.0 Å². The highest BCUT2D eigenvalue weighted by Crippen LogP contribution is 2.17. The highest BCUT2D eigenvalue weighted by atomic mass is 16.2. The molecule has 13 heavy (non-hydrogen) atoms. The van der Waals surface area contributed by atoms with Gasteiger partial charge in [0.25, 0.3) is 0 Å². The topological polar surface area (TPSA) is 20.3 Å². The molecule has 0 radical (unpaired) electrons. The maximum atomic E-state index is 11.5. The Balaban J connectivity index is 2.12. The smallest absolute Gasteiger partial charge is 0.225 e. The molecule has 1 aliphatic rings. The number of hydrogen-bond acceptors (Lipinski definition) is 1. The van der Waals surface area contributed by atoms with Crippen molar-refractivity contribution in [3.05, 3.63) is 0 Å². The van der Waals surface area contributed by atoms with Crippen LogP contribution in [0.3, 0.4) is 0 Å². The molecule has 0 aromatic carbocycles. The van der Waals surface area contributed by atoms with Crippen LogP contribution in [0.25, 0.3) is 0 Å². The van der Waals surface area contributed by atoms with Gasteiger partial charge in [-0.1, -0.05) is 33.1 Å². The zero-order valence-electron chi connectivity index (χ0n) is 8.88. The molecule has 1 aliphatic heterocycles. The lowest BCUT2D eigenvalue weighted by molar-refractivity contribution is -0.130. The molecule has 1 fully saturated rings. The van der Waals surface area contributed by atoms with Crippen LogP contribution in [0.4, 0.5) is 0 Å². The van der Waals surface area contributed by atoms with Gasteiger partial charge in [-0.15, -0.1) is 0 Å². The van der Waals surface area contributed by atoms with Gasteiger partial charge < -0.3 is 4.90 Å². The second kappa shape index (κ2) is 5.25. The van der Waals surface area contributed by atoms with Crippen LogP contribution in [0.15, 0.2) is 0 Å². The minimum Gasteiger partial charge on any atom is -0.342 e. The fourth-order valence-corrected chi connectivity index (χ4v) is 1.85. The molecule has 0 saturated carbocycles. The summed E-state index contributed by atoms with van der Waals surface area (Å²) in [5.74, 6) is 0.655. The third kappa shape index (κ3) is 3.02. The third-order valence-electron chi connectivity index (χ3n) is 2.85. The summed E-state index contributed by atoms with van der Waals surface area (Å²) in [7, 11) is 0. The zero-order chi connectivity index (χ0) is 9.68. The molecule has 1 unspecified atom stereocenters. The third-order valence-corrected chi connectivity index (χ3v) is 2.85. The van der Waals surface area contributed by atoms with Crippen LogP contribution in [0.5, 0.6) is 0 Å². The molecule has 0 aromatic rings.